The van der Waals surface area contributed by atoms with Gasteiger partial charge in [-0.3, -0.25) is 9.52 Å². The summed E-state index contributed by atoms with van der Waals surface area (Å²) in [6.07, 6.45) is 0. The van der Waals surface area contributed by atoms with Gasteiger partial charge in [0, 0.05) is 23.1 Å². The fraction of sp³-hybridized carbons (Fsp3) is 0.208. The molecule has 0 aliphatic heterocycles. The van der Waals surface area contributed by atoms with Gasteiger partial charge in [0.1, 0.15) is 11.4 Å². The summed E-state index contributed by atoms with van der Waals surface area (Å²) in [6, 6.07) is 14.5. The van der Waals surface area contributed by atoms with Crippen LogP contribution in [0.15, 0.2) is 59.5 Å². The number of rotatable bonds is 8. The fourth-order valence-electron chi connectivity index (χ4n) is 3.85. The van der Waals surface area contributed by atoms with Crippen LogP contribution in [0.5, 0.6) is 5.75 Å². The minimum absolute atomic E-state index is 0.00885. The van der Waals surface area contributed by atoms with E-state index in [1.54, 1.807) is 0 Å². The Kier molecular flexibility index (Phi) is 6.95. The van der Waals surface area contributed by atoms with Crippen LogP contribution in [0.1, 0.15) is 29.9 Å². The summed E-state index contributed by atoms with van der Waals surface area (Å²) in [6.45, 7) is 6.97. The third-order valence-electron chi connectivity index (χ3n) is 5.42. The lowest BCUT2D eigenvalue weighted by atomic mass is 10.1. The van der Waals surface area contributed by atoms with Gasteiger partial charge in [-0.05, 0) is 80.9 Å². The number of nitrogens with one attached hydrogen (secondary N) is 2. The highest BCUT2D eigenvalue weighted by Gasteiger charge is 2.21. The number of amides is 1. The molecule has 9 nitrogen and oxygen atoms in total. The number of hydrogen-bond donors (Lipinski definition) is 2. The maximum atomic E-state index is 13.2. The van der Waals surface area contributed by atoms with Gasteiger partial charge in [-0.2, -0.15) is 0 Å². The van der Waals surface area contributed by atoms with Gasteiger partial charge in [-0.25, -0.2) is 8.42 Å². The van der Waals surface area contributed by atoms with E-state index in [4.69, 9.17) is 16.3 Å². The van der Waals surface area contributed by atoms with Crippen LogP contribution in [-0.4, -0.2) is 35.7 Å². The summed E-state index contributed by atoms with van der Waals surface area (Å²) in [5.41, 5.74) is 2.78. The van der Waals surface area contributed by atoms with Gasteiger partial charge in [0.15, 0.2) is 11.0 Å². The molecule has 1 amide bonds. The normalized spacial score (nSPS) is 11.4. The zero-order valence-corrected chi connectivity index (χ0v) is 20.9. The first-order valence-electron chi connectivity index (χ1n) is 10.9. The molecule has 4 rings (SSSR count). The zero-order valence-electron chi connectivity index (χ0n) is 19.4. The van der Waals surface area contributed by atoms with E-state index in [2.05, 4.69) is 20.2 Å². The van der Waals surface area contributed by atoms with Gasteiger partial charge in [0.05, 0.1) is 11.5 Å². The number of halogens is 1. The molecule has 11 heteroatoms. The van der Waals surface area contributed by atoms with Crippen LogP contribution in [0, 0.1) is 6.92 Å². The maximum Gasteiger partial charge on any atom is 0.272 e. The van der Waals surface area contributed by atoms with E-state index < -0.39 is 10.0 Å². The Bertz CT molecular complexity index is 1480. The lowest BCUT2D eigenvalue weighted by Crippen LogP contribution is -2.18. The molecule has 35 heavy (non-hydrogen) atoms. The first kappa shape index (κ1) is 24.5. The SMILES string of the molecule is CCOc1ccc2c(c1)c(C)c(C(=O)Nc1ccc(S(=O)(=O)Nc3ccc(Cl)nn3)cc1)n2CC. The minimum atomic E-state index is -3.89. The summed E-state index contributed by atoms with van der Waals surface area (Å²) in [4.78, 5) is 13.2. The second-order valence-corrected chi connectivity index (χ2v) is 9.72. The topological polar surface area (TPSA) is 115 Å². The number of nitrogens with zero attached hydrogens (tertiary/aromatic N) is 3. The van der Waals surface area contributed by atoms with Crippen molar-refractivity contribution in [2.24, 2.45) is 0 Å². The molecule has 0 unspecified atom stereocenters. The number of hydrogen-bond acceptors (Lipinski definition) is 6. The average molecular weight is 514 g/mol. The van der Waals surface area contributed by atoms with Crippen molar-refractivity contribution >= 4 is 49.9 Å². The highest BCUT2D eigenvalue weighted by molar-refractivity contribution is 7.92. The number of aryl methyl sites for hydroxylation is 2. The van der Waals surface area contributed by atoms with Crippen LogP contribution in [-0.2, 0) is 16.6 Å². The van der Waals surface area contributed by atoms with Crippen LogP contribution < -0.4 is 14.8 Å². The molecule has 0 bridgehead atoms. The predicted octanol–water partition coefficient (Wildman–Crippen LogP) is 4.86. The molecule has 0 saturated carbocycles. The Morgan fingerprint density at radius 2 is 1.80 bits per heavy atom. The highest BCUT2D eigenvalue weighted by Crippen LogP contribution is 2.30. The quantitative estimate of drug-likeness (QED) is 0.347. The Balaban J connectivity index is 1.56. The van der Waals surface area contributed by atoms with E-state index in [1.165, 1.54) is 36.4 Å². The largest absolute Gasteiger partial charge is 0.494 e. The van der Waals surface area contributed by atoms with Gasteiger partial charge in [-0.15, -0.1) is 10.2 Å². The van der Waals surface area contributed by atoms with Crippen molar-refractivity contribution in [1.29, 1.82) is 0 Å². The summed E-state index contributed by atoms with van der Waals surface area (Å²) in [5.74, 6) is 0.504. The Hall–Kier alpha value is -3.63. The van der Waals surface area contributed by atoms with Crippen molar-refractivity contribution in [3.63, 3.8) is 0 Å². The van der Waals surface area contributed by atoms with Crippen molar-refractivity contribution < 1.29 is 17.9 Å². The van der Waals surface area contributed by atoms with Crippen LogP contribution in [0.25, 0.3) is 10.9 Å². The molecule has 0 aliphatic rings. The molecule has 0 atom stereocenters. The molecule has 2 N–H and O–H groups in total. The lowest BCUT2D eigenvalue weighted by Gasteiger charge is -2.11. The monoisotopic (exact) mass is 513 g/mol. The third-order valence-corrected chi connectivity index (χ3v) is 7.00. The van der Waals surface area contributed by atoms with E-state index >= 15 is 0 Å². The Morgan fingerprint density at radius 3 is 2.43 bits per heavy atom. The molecule has 2 aromatic heterocycles. The van der Waals surface area contributed by atoms with Crippen LogP contribution in [0.3, 0.4) is 0 Å². The number of aromatic nitrogens is 3. The van der Waals surface area contributed by atoms with Crippen molar-refractivity contribution in [2.75, 3.05) is 16.6 Å². The van der Waals surface area contributed by atoms with Gasteiger partial charge in [-0.1, -0.05) is 11.6 Å². The number of carbonyl (C=O) groups excluding carboxylic acids is 1. The number of fused-ring (bicyclic) bond motifs is 1. The van der Waals surface area contributed by atoms with Crippen molar-refractivity contribution in [2.45, 2.75) is 32.2 Å². The first-order chi connectivity index (χ1) is 16.7. The number of carbonyl (C=O) groups is 1. The first-order valence-corrected chi connectivity index (χ1v) is 12.8. The second kappa shape index (κ2) is 9.93. The maximum absolute atomic E-state index is 13.2. The molecule has 0 spiro atoms. The summed E-state index contributed by atoms with van der Waals surface area (Å²) in [5, 5.41) is 11.3. The molecule has 182 valence electrons. The fourth-order valence-corrected chi connectivity index (χ4v) is 4.95. The van der Waals surface area contributed by atoms with E-state index in [-0.39, 0.29) is 21.8 Å². The summed E-state index contributed by atoms with van der Waals surface area (Å²) < 4.78 is 35.2. The lowest BCUT2D eigenvalue weighted by molar-refractivity contribution is 0.101. The van der Waals surface area contributed by atoms with Crippen LogP contribution in [0.4, 0.5) is 11.5 Å². The van der Waals surface area contributed by atoms with Crippen LogP contribution >= 0.6 is 11.6 Å². The predicted molar refractivity (Wildman–Crippen MR) is 136 cm³/mol. The van der Waals surface area contributed by atoms with E-state index in [0.717, 1.165) is 22.2 Å². The number of anilines is 2. The van der Waals surface area contributed by atoms with E-state index in [1.807, 2.05) is 43.5 Å². The number of sulfonamides is 1. The molecule has 2 heterocycles. The van der Waals surface area contributed by atoms with E-state index in [0.29, 0.717) is 24.5 Å². The zero-order chi connectivity index (χ0) is 25.2. The number of benzene rings is 2. The molecular weight excluding hydrogens is 490 g/mol. The van der Waals surface area contributed by atoms with Gasteiger partial charge >= 0.3 is 0 Å². The summed E-state index contributed by atoms with van der Waals surface area (Å²) in [7, 11) is -3.89. The number of ether oxygens (including phenoxy) is 1. The smallest absolute Gasteiger partial charge is 0.272 e. The summed E-state index contributed by atoms with van der Waals surface area (Å²) >= 11 is 5.68. The molecule has 0 radical (unpaired) electrons. The highest BCUT2D eigenvalue weighted by atomic mass is 35.5. The minimum Gasteiger partial charge on any atom is -0.494 e. The van der Waals surface area contributed by atoms with Crippen LogP contribution in [0.2, 0.25) is 5.15 Å². The molecule has 0 fully saturated rings. The molecule has 4 aromatic rings. The van der Waals surface area contributed by atoms with Crippen molar-refractivity contribution in [1.82, 2.24) is 14.8 Å². The Morgan fingerprint density at radius 1 is 1.06 bits per heavy atom. The standard InChI is InChI=1S/C24H24ClN5O4S/c1-4-30-20-11-8-17(34-5-2)14-19(20)15(3)23(30)24(31)26-16-6-9-18(10-7-16)35(32,33)29-22-13-12-21(25)27-28-22/h6-14H,4-5H2,1-3H3,(H,26,31)(H,28,29). The molecule has 2 aromatic carbocycles. The Labute approximate surface area is 208 Å². The average Bonchev–Trinajstić information content (AvgIpc) is 3.12. The third kappa shape index (κ3) is 5.08. The molecule has 0 saturated heterocycles. The van der Waals surface area contributed by atoms with Gasteiger partial charge < -0.3 is 14.6 Å². The van der Waals surface area contributed by atoms with E-state index in [9.17, 15) is 13.2 Å². The van der Waals surface area contributed by atoms with Crippen molar-refractivity contribution in [3.8, 4) is 5.75 Å². The van der Waals surface area contributed by atoms with Gasteiger partial charge in [0.25, 0.3) is 15.9 Å². The molecule has 0 aliphatic carbocycles. The molecular formula is C24H24ClN5O4S. The van der Waals surface area contributed by atoms with Gasteiger partial charge in [0.2, 0.25) is 0 Å². The van der Waals surface area contributed by atoms with Crippen molar-refractivity contribution in [3.05, 3.63) is 71.0 Å². The second-order valence-electron chi connectivity index (χ2n) is 7.66.